The van der Waals surface area contributed by atoms with E-state index in [1.54, 1.807) is 0 Å². The lowest BCUT2D eigenvalue weighted by Gasteiger charge is -2.22. The zero-order valence-electron chi connectivity index (χ0n) is 13.2. The van der Waals surface area contributed by atoms with Crippen molar-refractivity contribution in [2.24, 2.45) is 11.8 Å². The van der Waals surface area contributed by atoms with Gasteiger partial charge >= 0.3 is 0 Å². The molecule has 20 heavy (non-hydrogen) atoms. The Morgan fingerprint density at radius 3 is 2.50 bits per heavy atom. The molecule has 1 N–H and O–H groups in total. The van der Waals surface area contributed by atoms with E-state index in [-0.39, 0.29) is 0 Å². The molecular formula is C18H28N2. The summed E-state index contributed by atoms with van der Waals surface area (Å²) < 4.78 is 0. The van der Waals surface area contributed by atoms with Gasteiger partial charge in [-0.3, -0.25) is 0 Å². The van der Waals surface area contributed by atoms with Gasteiger partial charge in [-0.1, -0.05) is 32.4 Å². The Bertz CT molecular complexity index is 454. The predicted molar refractivity (Wildman–Crippen MR) is 86.2 cm³/mol. The number of nitrogens with zero attached hydrogens (tertiary/aromatic N) is 1. The van der Waals surface area contributed by atoms with E-state index in [9.17, 15) is 0 Å². The third kappa shape index (κ3) is 2.85. The first kappa shape index (κ1) is 13.9. The number of anilines is 1. The van der Waals surface area contributed by atoms with Crippen molar-refractivity contribution in [2.75, 3.05) is 18.0 Å². The monoisotopic (exact) mass is 272 g/mol. The molecule has 0 amide bonds. The minimum atomic E-state index is 0.549. The van der Waals surface area contributed by atoms with Gasteiger partial charge in [-0.25, -0.2) is 0 Å². The van der Waals surface area contributed by atoms with Crippen LogP contribution >= 0.6 is 0 Å². The Morgan fingerprint density at radius 2 is 1.90 bits per heavy atom. The Kier molecular flexibility index (Phi) is 4.02. The van der Waals surface area contributed by atoms with Crippen molar-refractivity contribution >= 4 is 5.69 Å². The molecule has 3 rings (SSSR count). The molecule has 1 aliphatic heterocycles. The molecule has 0 aromatic heterocycles. The highest BCUT2D eigenvalue weighted by molar-refractivity contribution is 5.55. The second-order valence-corrected chi connectivity index (χ2v) is 7.01. The fourth-order valence-corrected chi connectivity index (χ4v) is 3.94. The highest BCUT2D eigenvalue weighted by Gasteiger charge is 2.36. The lowest BCUT2D eigenvalue weighted by molar-refractivity contribution is 0.494. The lowest BCUT2D eigenvalue weighted by atomic mass is 10.0. The molecule has 2 fully saturated rings. The van der Waals surface area contributed by atoms with Crippen molar-refractivity contribution in [1.82, 2.24) is 5.32 Å². The first-order valence-electron chi connectivity index (χ1n) is 8.21. The maximum absolute atomic E-state index is 3.50. The van der Waals surface area contributed by atoms with Crippen LogP contribution in [-0.2, 0) is 6.54 Å². The summed E-state index contributed by atoms with van der Waals surface area (Å²) in [6.07, 6.45) is 4.37. The van der Waals surface area contributed by atoms with E-state index in [2.05, 4.69) is 49.2 Å². The molecule has 1 saturated heterocycles. The van der Waals surface area contributed by atoms with Crippen LogP contribution in [0.2, 0.25) is 0 Å². The van der Waals surface area contributed by atoms with Crippen molar-refractivity contribution in [2.45, 2.75) is 52.6 Å². The number of nitrogens with one attached hydrogen (secondary N) is 1. The van der Waals surface area contributed by atoms with Crippen LogP contribution in [0.5, 0.6) is 0 Å². The van der Waals surface area contributed by atoms with Gasteiger partial charge < -0.3 is 10.2 Å². The molecule has 0 radical (unpaired) electrons. The highest BCUT2D eigenvalue weighted by atomic mass is 15.2. The number of fused-ring (bicyclic) bond motifs is 1. The molecule has 2 unspecified atom stereocenters. The van der Waals surface area contributed by atoms with E-state index < -0.39 is 0 Å². The first-order valence-corrected chi connectivity index (χ1v) is 8.21. The molecule has 110 valence electrons. The van der Waals surface area contributed by atoms with Gasteiger partial charge in [0.05, 0.1) is 0 Å². The van der Waals surface area contributed by atoms with Crippen LogP contribution in [0.15, 0.2) is 18.2 Å². The van der Waals surface area contributed by atoms with E-state index >= 15 is 0 Å². The van der Waals surface area contributed by atoms with E-state index in [4.69, 9.17) is 0 Å². The van der Waals surface area contributed by atoms with Gasteiger partial charge in [-0.2, -0.15) is 0 Å². The van der Waals surface area contributed by atoms with Crippen LogP contribution in [0.1, 0.15) is 44.2 Å². The van der Waals surface area contributed by atoms with Crippen molar-refractivity contribution in [1.29, 1.82) is 0 Å². The number of hydrogen-bond acceptors (Lipinski definition) is 2. The zero-order valence-corrected chi connectivity index (χ0v) is 13.2. The summed E-state index contributed by atoms with van der Waals surface area (Å²) in [6.45, 7) is 10.2. The Hall–Kier alpha value is -1.02. The molecule has 2 atom stereocenters. The van der Waals surface area contributed by atoms with Crippen LogP contribution in [-0.4, -0.2) is 19.1 Å². The Morgan fingerprint density at radius 1 is 1.20 bits per heavy atom. The van der Waals surface area contributed by atoms with E-state index in [0.29, 0.717) is 6.04 Å². The average molecular weight is 272 g/mol. The van der Waals surface area contributed by atoms with Gasteiger partial charge in [0, 0.05) is 31.4 Å². The van der Waals surface area contributed by atoms with Crippen LogP contribution in [0.3, 0.4) is 0 Å². The molecule has 2 heteroatoms. The first-order chi connectivity index (χ1) is 9.63. The second kappa shape index (κ2) is 5.77. The van der Waals surface area contributed by atoms with Gasteiger partial charge in [-0.05, 0) is 48.8 Å². The topological polar surface area (TPSA) is 15.3 Å². The minimum absolute atomic E-state index is 0.549. The summed E-state index contributed by atoms with van der Waals surface area (Å²) in [4.78, 5) is 2.63. The summed E-state index contributed by atoms with van der Waals surface area (Å²) in [5.41, 5.74) is 4.31. The van der Waals surface area contributed by atoms with Crippen molar-refractivity contribution in [3.05, 3.63) is 29.3 Å². The Balaban J connectivity index is 1.68. The highest BCUT2D eigenvalue weighted by Crippen LogP contribution is 2.40. The summed E-state index contributed by atoms with van der Waals surface area (Å²) in [7, 11) is 0. The molecule has 1 aliphatic carbocycles. The summed E-state index contributed by atoms with van der Waals surface area (Å²) in [5, 5.41) is 3.50. The van der Waals surface area contributed by atoms with E-state index in [1.165, 1.54) is 49.2 Å². The number of rotatable bonds is 4. The standard InChI is InChI=1S/C18H28N2/c1-13(2)19-10-15-7-8-18(14(3)9-15)20-11-16-5-4-6-17(16)12-20/h7-9,13,16-17,19H,4-6,10-12H2,1-3H3. The fourth-order valence-electron chi connectivity index (χ4n) is 3.94. The molecule has 1 saturated carbocycles. The van der Waals surface area contributed by atoms with Gasteiger partial charge in [0.25, 0.3) is 0 Å². The summed E-state index contributed by atoms with van der Waals surface area (Å²) in [6, 6.07) is 7.55. The maximum atomic E-state index is 3.50. The molecule has 2 nitrogen and oxygen atoms in total. The SMILES string of the molecule is Cc1cc(CNC(C)C)ccc1N1CC2CCCC2C1. The molecule has 1 aromatic carbocycles. The largest absolute Gasteiger partial charge is 0.371 e. The summed E-state index contributed by atoms with van der Waals surface area (Å²) in [5.74, 6) is 1.94. The zero-order chi connectivity index (χ0) is 14.1. The second-order valence-electron chi connectivity index (χ2n) is 7.01. The van der Waals surface area contributed by atoms with Crippen molar-refractivity contribution in [3.63, 3.8) is 0 Å². The van der Waals surface area contributed by atoms with Gasteiger partial charge in [0.1, 0.15) is 0 Å². The van der Waals surface area contributed by atoms with Crippen LogP contribution in [0.4, 0.5) is 5.69 Å². The number of benzene rings is 1. The quantitative estimate of drug-likeness (QED) is 0.898. The van der Waals surface area contributed by atoms with Crippen molar-refractivity contribution < 1.29 is 0 Å². The molecule has 1 aromatic rings. The Labute approximate surface area is 123 Å². The molecule has 1 heterocycles. The molecule has 0 bridgehead atoms. The normalized spacial score (nSPS) is 25.5. The third-order valence-corrected chi connectivity index (χ3v) is 5.04. The number of hydrogen-bond donors (Lipinski definition) is 1. The van der Waals surface area contributed by atoms with Crippen LogP contribution < -0.4 is 10.2 Å². The lowest BCUT2D eigenvalue weighted by Crippen LogP contribution is -2.23. The average Bonchev–Trinajstić information content (AvgIpc) is 2.97. The van der Waals surface area contributed by atoms with Gasteiger partial charge in [0.2, 0.25) is 0 Å². The maximum Gasteiger partial charge on any atom is 0.0396 e. The van der Waals surface area contributed by atoms with Crippen molar-refractivity contribution in [3.8, 4) is 0 Å². The van der Waals surface area contributed by atoms with Gasteiger partial charge in [0.15, 0.2) is 0 Å². The van der Waals surface area contributed by atoms with E-state index in [1.807, 2.05) is 0 Å². The summed E-state index contributed by atoms with van der Waals surface area (Å²) >= 11 is 0. The molecular weight excluding hydrogens is 244 g/mol. The molecule has 2 aliphatic rings. The third-order valence-electron chi connectivity index (χ3n) is 5.04. The van der Waals surface area contributed by atoms with Crippen LogP contribution in [0, 0.1) is 18.8 Å². The molecule has 0 spiro atoms. The van der Waals surface area contributed by atoms with E-state index in [0.717, 1.165) is 18.4 Å². The van der Waals surface area contributed by atoms with Crippen LogP contribution in [0.25, 0.3) is 0 Å². The minimum Gasteiger partial charge on any atom is -0.371 e. The number of aryl methyl sites for hydroxylation is 1. The fraction of sp³-hybridized carbons (Fsp3) is 0.667. The van der Waals surface area contributed by atoms with Gasteiger partial charge in [-0.15, -0.1) is 0 Å². The smallest absolute Gasteiger partial charge is 0.0396 e. The predicted octanol–water partition coefficient (Wildman–Crippen LogP) is 3.73.